The molecule has 2 saturated heterocycles. The van der Waals surface area contributed by atoms with Crippen LogP contribution in [0.2, 0.25) is 0 Å². The molecule has 14 nitrogen and oxygen atoms in total. The van der Waals surface area contributed by atoms with Crippen molar-refractivity contribution in [1.82, 2.24) is 19.4 Å². The Morgan fingerprint density at radius 1 is 0.719 bits per heavy atom. The van der Waals surface area contributed by atoms with E-state index in [9.17, 15) is 34.8 Å². The van der Waals surface area contributed by atoms with E-state index in [-0.39, 0.29) is 5.34 Å². The average molecular weight is 889 g/mol. The molecule has 3 aromatic rings. The van der Waals surface area contributed by atoms with Gasteiger partial charge in [-0.15, -0.1) is 23.2 Å². The van der Waals surface area contributed by atoms with Crippen molar-refractivity contribution in [3.8, 4) is 11.5 Å². The maximum Gasteiger partial charge on any atom is 0.828 e. The van der Waals surface area contributed by atoms with E-state index in [0.29, 0.717) is 88.6 Å². The summed E-state index contributed by atoms with van der Waals surface area (Å²) in [5.41, 5.74) is -11.3. The summed E-state index contributed by atoms with van der Waals surface area (Å²) in [5.74, 6) is 2.37. The van der Waals surface area contributed by atoms with Gasteiger partial charge in [-0.1, -0.05) is 42.5 Å². The van der Waals surface area contributed by atoms with Crippen LogP contribution in [-0.4, -0.2) is 144 Å². The second-order valence-electron chi connectivity index (χ2n) is 14.3. The molecule has 26 heteroatoms. The van der Waals surface area contributed by atoms with Crippen LogP contribution in [0.15, 0.2) is 48.5 Å². The zero-order valence-corrected chi connectivity index (χ0v) is 32.9. The second-order valence-corrected chi connectivity index (χ2v) is 18.0. The van der Waals surface area contributed by atoms with E-state index >= 15 is 0 Å². The molecule has 7 heterocycles. The molecule has 0 amide bonds. The molecule has 0 saturated carbocycles. The molecular formula is C31H34B2Cl2F6N6O8S2. The smallest absolute Gasteiger partial charge is 0.828 e. The molecule has 7 aliphatic rings. The van der Waals surface area contributed by atoms with Crippen LogP contribution < -0.4 is 4.65 Å². The van der Waals surface area contributed by atoms with Crippen molar-refractivity contribution in [3.05, 3.63) is 48.5 Å². The van der Waals surface area contributed by atoms with Gasteiger partial charge < -0.3 is 27.1 Å². The highest BCUT2D eigenvalue weighted by molar-refractivity contribution is 7.88. The van der Waals surface area contributed by atoms with E-state index in [1.54, 1.807) is 0 Å². The van der Waals surface area contributed by atoms with Gasteiger partial charge in [-0.05, 0) is 16.8 Å². The third-order valence-corrected chi connectivity index (χ3v) is 12.9. The summed E-state index contributed by atoms with van der Waals surface area (Å²) in [4.78, 5) is 7.99. The highest BCUT2D eigenvalue weighted by Gasteiger charge is 2.87. The molecule has 7 aliphatic heterocycles. The van der Waals surface area contributed by atoms with Crippen LogP contribution in [0.25, 0.3) is 21.5 Å². The molecule has 0 aromatic heterocycles. The first-order chi connectivity index (χ1) is 26.8. The number of fused-ring (bicyclic) bond motifs is 8. The minimum Gasteiger partial charge on any atom is -0.881 e. The van der Waals surface area contributed by atoms with Crippen molar-refractivity contribution in [3.63, 3.8) is 0 Å². The lowest BCUT2D eigenvalue weighted by Gasteiger charge is -2.69. The highest BCUT2D eigenvalue weighted by Crippen LogP contribution is 2.63. The van der Waals surface area contributed by atoms with E-state index in [4.69, 9.17) is 44.9 Å². The molecule has 0 unspecified atom stereocenters. The molecular weight excluding hydrogens is 855 g/mol. The van der Waals surface area contributed by atoms with Gasteiger partial charge in [-0.25, -0.2) is 8.42 Å². The molecule has 3 aromatic carbocycles. The molecule has 2 bridgehead atoms. The fourth-order valence-electron chi connectivity index (χ4n) is 9.59. The van der Waals surface area contributed by atoms with E-state index in [2.05, 4.69) is 23.0 Å². The highest BCUT2D eigenvalue weighted by atomic mass is 35.5. The van der Waals surface area contributed by atoms with Crippen LogP contribution >= 0.6 is 23.2 Å². The third-order valence-electron chi connectivity index (χ3n) is 11.3. The Morgan fingerprint density at radius 2 is 1.14 bits per heavy atom. The topological polar surface area (TPSA) is 131 Å². The van der Waals surface area contributed by atoms with Crippen molar-refractivity contribution in [1.29, 1.82) is 0 Å². The maximum atomic E-state index is 14.6. The van der Waals surface area contributed by atoms with Crippen molar-refractivity contribution in [2.24, 2.45) is 0 Å². The van der Waals surface area contributed by atoms with E-state index in [0.717, 1.165) is 34.4 Å². The Balaban J connectivity index is 0.000000368. The van der Waals surface area contributed by atoms with Crippen molar-refractivity contribution in [2.75, 3.05) is 57.7 Å². The van der Waals surface area contributed by atoms with Crippen LogP contribution in [0.1, 0.15) is 25.7 Å². The van der Waals surface area contributed by atoms with Crippen molar-refractivity contribution >= 4 is 90.5 Å². The normalized spacial score (nSPS) is 25.2. The quantitative estimate of drug-likeness (QED) is 0.0689. The lowest BCUT2D eigenvalue weighted by molar-refractivity contribution is -0.605. The predicted molar refractivity (Wildman–Crippen MR) is 198 cm³/mol. The van der Waals surface area contributed by atoms with Crippen molar-refractivity contribution in [2.45, 2.75) is 36.7 Å². The number of guanidine groups is 2. The molecule has 310 valence electrons. The number of hydrogen-bond acceptors (Lipinski definition) is 11. The van der Waals surface area contributed by atoms with E-state index in [1.807, 2.05) is 58.2 Å². The largest absolute Gasteiger partial charge is 0.881 e. The zero-order chi connectivity index (χ0) is 40.9. The zero-order valence-electron chi connectivity index (χ0n) is 29.8. The fourth-order valence-corrected chi connectivity index (χ4v) is 10.3. The molecule has 10 rings (SSSR count). The van der Waals surface area contributed by atoms with E-state index < -0.39 is 44.9 Å². The van der Waals surface area contributed by atoms with Crippen LogP contribution in [0.5, 0.6) is 11.5 Å². The van der Waals surface area contributed by atoms with Gasteiger partial charge in [0.15, 0.2) is 21.6 Å². The number of halogens is 8. The lowest BCUT2D eigenvalue weighted by Crippen LogP contribution is -2.95. The number of benzene rings is 3. The van der Waals surface area contributed by atoms with Gasteiger partial charge in [0.25, 0.3) is 11.9 Å². The number of rotatable bonds is 2. The fraction of sp³-hybridized carbons (Fsp3) is 0.484. The van der Waals surface area contributed by atoms with Crippen LogP contribution in [0, 0.1) is 0 Å². The number of nitrogens with zero attached hydrogens (tertiary/aromatic N) is 6. The first-order valence-corrected chi connectivity index (χ1v) is 21.9. The Labute approximate surface area is 332 Å². The first-order valence-electron chi connectivity index (χ1n) is 18.0. The summed E-state index contributed by atoms with van der Waals surface area (Å²) in [7, 11) is -12.2. The average Bonchev–Trinajstić information content (AvgIpc) is 3.54. The monoisotopic (exact) mass is 888 g/mol. The molecule has 57 heavy (non-hydrogen) atoms. The summed E-state index contributed by atoms with van der Waals surface area (Å²) >= 11 is 9.53. The minimum absolute atomic E-state index is 0.194. The molecule has 0 radical (unpaired) electrons. The lowest BCUT2D eigenvalue weighted by atomic mass is 9.65. The first kappa shape index (κ1) is 40.2. The second kappa shape index (κ2) is 13.7. The molecule has 0 atom stereocenters. The molecule has 0 N–H and O–H groups in total. The van der Waals surface area contributed by atoms with Gasteiger partial charge in [0.1, 0.15) is 0 Å². The summed E-state index contributed by atoms with van der Waals surface area (Å²) in [5, 5.41) is 3.58. The summed E-state index contributed by atoms with van der Waals surface area (Å²) < 4.78 is 151. The standard InChI is InChI=1S/C29H32B2F3N6O5S.CH2Cl2.CHF3O3S/c32-29(33,34)46(41,42)44-31-39-19-7-15-35-13-5-17-37(27(35)39)30(38-18-6-14-36-16-8-20-40(31)28(36)38)43-25-23-11-3-1-9-21(23)22-10-2-4-12-24(22)26(25)45(30)31;2-1-3;2-1(3,4)8(5,6)7/h1-4,9-12H,5-8,13-20H2;1H2;(H,5,6,7)/q+1;;/p-1. The van der Waals surface area contributed by atoms with Crippen LogP contribution in [0.4, 0.5) is 26.3 Å². The van der Waals surface area contributed by atoms with Gasteiger partial charge in [0.05, 0.1) is 36.9 Å². The minimum atomic E-state index is -6.11. The Hall–Kier alpha value is -3.57. The van der Waals surface area contributed by atoms with Gasteiger partial charge in [-0.3, -0.25) is 18.8 Å². The third kappa shape index (κ3) is 5.81. The van der Waals surface area contributed by atoms with Crippen LogP contribution in [-0.2, 0) is 28.5 Å². The Kier molecular flexibility index (Phi) is 9.70. The van der Waals surface area contributed by atoms with Crippen molar-refractivity contribution < 1.29 is 69.7 Å². The van der Waals surface area contributed by atoms with Crippen LogP contribution in [0.3, 0.4) is 0 Å². The van der Waals surface area contributed by atoms with E-state index in [1.165, 1.54) is 0 Å². The summed E-state index contributed by atoms with van der Waals surface area (Å²) in [6.45, 7) is -1.35. The molecule has 2 fully saturated rings. The van der Waals surface area contributed by atoms with Gasteiger partial charge in [0.2, 0.25) is 0 Å². The van der Waals surface area contributed by atoms with Gasteiger partial charge in [0, 0.05) is 57.2 Å². The summed E-state index contributed by atoms with van der Waals surface area (Å²) in [6, 6.07) is 15.6. The molecule has 0 spiro atoms. The number of hydrogen-bond donors (Lipinski definition) is 0. The molecule has 0 aliphatic carbocycles. The predicted octanol–water partition coefficient (Wildman–Crippen LogP) is 4.45. The summed E-state index contributed by atoms with van der Waals surface area (Å²) in [6.07, 6.45) is 2.89. The maximum absolute atomic E-state index is 14.6. The van der Waals surface area contributed by atoms with Gasteiger partial charge in [-0.2, -0.15) is 34.8 Å². The number of alkyl halides is 8. The SMILES string of the molecule is ClCCl.O=S(=O)(O[B-]12N3CCCN4CCC[N+](=C43)[B-]3(Oc4c(c5ccccc5c5ccccc45)[O+]13)[N+]1=C3N(CCCN32)CCC1)C(F)(F)F.O=S(=O)([O-])C(F)(F)F. The van der Waals surface area contributed by atoms with Gasteiger partial charge >= 0.3 is 34.8 Å². The Morgan fingerprint density at radius 3 is 1.60 bits per heavy atom. The Bertz CT molecular complexity index is 2400.